The van der Waals surface area contributed by atoms with Gasteiger partial charge in [-0.2, -0.15) is 0 Å². The lowest BCUT2D eigenvalue weighted by atomic mass is 10.1. The van der Waals surface area contributed by atoms with Crippen molar-refractivity contribution < 1.29 is 9.21 Å². The molecule has 0 bridgehead atoms. The molecule has 0 spiro atoms. The van der Waals surface area contributed by atoms with Crippen molar-refractivity contribution >= 4 is 33.1 Å². The molecule has 0 radical (unpaired) electrons. The second-order valence-electron chi connectivity index (χ2n) is 5.81. The summed E-state index contributed by atoms with van der Waals surface area (Å²) in [7, 11) is 0. The number of hydrogen-bond acceptors (Lipinski definition) is 4. The Balaban J connectivity index is 1.45. The maximum atomic E-state index is 12.1. The molecule has 0 aliphatic rings. The summed E-state index contributed by atoms with van der Waals surface area (Å²) in [6.07, 6.45) is 0.783. The summed E-state index contributed by atoms with van der Waals surface area (Å²) < 4.78 is 6.53. The monoisotopic (exact) mass is 348 g/mol. The maximum Gasteiger partial charge on any atom is 0.291 e. The zero-order valence-corrected chi connectivity index (χ0v) is 14.5. The Labute approximate surface area is 149 Å². The van der Waals surface area contributed by atoms with E-state index in [1.807, 2.05) is 49.4 Å². The molecule has 2 aromatic carbocycles. The van der Waals surface area contributed by atoms with E-state index >= 15 is 0 Å². The van der Waals surface area contributed by atoms with Crippen LogP contribution < -0.4 is 5.32 Å². The summed E-state index contributed by atoms with van der Waals surface area (Å²) in [5, 5.41) is 3.93. The Morgan fingerprint density at radius 2 is 1.88 bits per heavy atom. The fourth-order valence-corrected chi connectivity index (χ4v) is 3.63. The first-order chi connectivity index (χ1) is 12.2. The van der Waals surface area contributed by atoms with E-state index in [1.54, 1.807) is 23.5 Å². The number of amides is 1. The van der Waals surface area contributed by atoms with E-state index in [0.29, 0.717) is 5.76 Å². The van der Waals surface area contributed by atoms with Crippen LogP contribution in [-0.4, -0.2) is 10.9 Å². The molecule has 0 saturated heterocycles. The molecule has 0 fully saturated rings. The summed E-state index contributed by atoms with van der Waals surface area (Å²) in [5.74, 6) is 0.791. The highest BCUT2D eigenvalue weighted by molar-refractivity contribution is 7.18. The minimum Gasteiger partial charge on any atom is -0.456 e. The van der Waals surface area contributed by atoms with Gasteiger partial charge in [0.15, 0.2) is 5.76 Å². The molecule has 25 heavy (non-hydrogen) atoms. The van der Waals surface area contributed by atoms with Crippen molar-refractivity contribution in [2.45, 2.75) is 13.3 Å². The minimum atomic E-state index is -0.243. The molecular formula is C20H16N2O2S. The van der Waals surface area contributed by atoms with E-state index in [4.69, 9.17) is 4.42 Å². The molecule has 4 rings (SSSR count). The van der Waals surface area contributed by atoms with Crippen LogP contribution in [0.25, 0.3) is 10.2 Å². The number of anilines is 1. The predicted octanol–water partition coefficient (Wildman–Crippen LogP) is 5.04. The summed E-state index contributed by atoms with van der Waals surface area (Å²) in [5.41, 5.74) is 2.94. The van der Waals surface area contributed by atoms with E-state index in [2.05, 4.69) is 16.4 Å². The molecule has 0 unspecified atom stereocenters. The summed E-state index contributed by atoms with van der Waals surface area (Å²) >= 11 is 1.71. The fraction of sp³-hybridized carbons (Fsp3) is 0.100. The van der Waals surface area contributed by atoms with Crippen molar-refractivity contribution in [2.75, 3.05) is 5.32 Å². The maximum absolute atomic E-state index is 12.1. The first-order valence-electron chi connectivity index (χ1n) is 7.98. The van der Waals surface area contributed by atoms with E-state index in [-0.39, 0.29) is 5.91 Å². The van der Waals surface area contributed by atoms with Crippen LogP contribution in [0.5, 0.6) is 0 Å². The second-order valence-corrected chi connectivity index (χ2v) is 6.93. The third-order valence-electron chi connectivity index (χ3n) is 3.87. The van der Waals surface area contributed by atoms with Crippen LogP contribution in [0, 0.1) is 6.92 Å². The molecule has 2 aromatic heterocycles. The number of benzene rings is 2. The lowest BCUT2D eigenvalue weighted by Crippen LogP contribution is -2.10. The molecule has 2 heterocycles. The highest BCUT2D eigenvalue weighted by Crippen LogP contribution is 2.24. The van der Waals surface area contributed by atoms with Crippen LogP contribution in [-0.2, 0) is 6.42 Å². The molecule has 124 valence electrons. The van der Waals surface area contributed by atoms with Gasteiger partial charge in [0, 0.05) is 12.1 Å². The van der Waals surface area contributed by atoms with Gasteiger partial charge in [0.1, 0.15) is 5.76 Å². The summed E-state index contributed by atoms with van der Waals surface area (Å²) in [6, 6.07) is 19.4. The number of aromatic nitrogens is 1. The van der Waals surface area contributed by atoms with Crippen LogP contribution in [0.4, 0.5) is 5.69 Å². The zero-order valence-electron chi connectivity index (χ0n) is 13.7. The van der Waals surface area contributed by atoms with Gasteiger partial charge >= 0.3 is 0 Å². The lowest BCUT2D eigenvalue weighted by molar-refractivity contribution is 0.0995. The highest BCUT2D eigenvalue weighted by atomic mass is 32.1. The molecule has 4 aromatic rings. The number of hydrogen-bond donors (Lipinski definition) is 1. The van der Waals surface area contributed by atoms with Crippen molar-refractivity contribution in [1.82, 2.24) is 4.98 Å². The number of carbonyl (C=O) groups excluding carboxylic acids is 1. The Bertz CT molecular complexity index is 998. The molecule has 1 N–H and O–H groups in total. The topological polar surface area (TPSA) is 55.1 Å². The van der Waals surface area contributed by atoms with Gasteiger partial charge in [-0.1, -0.05) is 24.3 Å². The number of thiazole rings is 1. The Morgan fingerprint density at radius 1 is 1.08 bits per heavy atom. The molecule has 0 atom stereocenters. The second kappa shape index (κ2) is 6.53. The molecule has 1 amide bonds. The molecule has 5 heteroatoms. The summed E-state index contributed by atoms with van der Waals surface area (Å²) in [4.78, 5) is 16.7. The average Bonchev–Trinajstić information content (AvgIpc) is 3.22. The number of fused-ring (bicyclic) bond motifs is 1. The van der Waals surface area contributed by atoms with E-state index in [0.717, 1.165) is 34.0 Å². The van der Waals surface area contributed by atoms with Crippen LogP contribution in [0.1, 0.15) is 26.9 Å². The zero-order chi connectivity index (χ0) is 17.2. The number of para-hydroxylation sites is 1. The van der Waals surface area contributed by atoms with Crippen molar-refractivity contribution in [3.8, 4) is 0 Å². The van der Waals surface area contributed by atoms with Crippen LogP contribution in [0.3, 0.4) is 0 Å². The normalized spacial score (nSPS) is 10.9. The first kappa shape index (κ1) is 15.6. The van der Waals surface area contributed by atoms with Gasteiger partial charge in [0.05, 0.1) is 15.2 Å². The van der Waals surface area contributed by atoms with Crippen LogP contribution in [0.2, 0.25) is 0 Å². The van der Waals surface area contributed by atoms with Gasteiger partial charge in [-0.05, 0) is 48.9 Å². The van der Waals surface area contributed by atoms with Gasteiger partial charge in [-0.25, -0.2) is 4.98 Å². The number of rotatable bonds is 4. The molecule has 4 nitrogen and oxygen atoms in total. The Morgan fingerprint density at radius 3 is 2.60 bits per heavy atom. The fourth-order valence-electron chi connectivity index (χ4n) is 2.63. The first-order valence-corrected chi connectivity index (χ1v) is 8.80. The van der Waals surface area contributed by atoms with Crippen molar-refractivity contribution in [3.05, 3.63) is 82.8 Å². The standard InChI is InChI=1S/C20H16N2O2S/c1-13-6-11-17(24-13)20(23)21-15-9-7-14(8-10-15)12-19-22-16-4-2-3-5-18(16)25-19/h2-11H,12H2,1H3,(H,21,23). The van der Waals surface area contributed by atoms with E-state index in [1.165, 1.54) is 4.70 Å². The van der Waals surface area contributed by atoms with E-state index < -0.39 is 0 Å². The average molecular weight is 348 g/mol. The number of nitrogens with zero attached hydrogens (tertiary/aromatic N) is 1. The van der Waals surface area contributed by atoms with Gasteiger partial charge in [-0.3, -0.25) is 4.79 Å². The SMILES string of the molecule is Cc1ccc(C(=O)Nc2ccc(Cc3nc4ccccc4s3)cc2)o1. The van der Waals surface area contributed by atoms with Gasteiger partial charge in [-0.15, -0.1) is 11.3 Å². The van der Waals surface area contributed by atoms with Crippen molar-refractivity contribution in [1.29, 1.82) is 0 Å². The Hall–Kier alpha value is -2.92. The molecule has 0 aliphatic carbocycles. The number of furan rings is 1. The number of nitrogens with one attached hydrogen (secondary N) is 1. The number of carbonyl (C=O) groups is 1. The lowest BCUT2D eigenvalue weighted by Gasteiger charge is -2.04. The quantitative estimate of drug-likeness (QED) is 0.562. The third kappa shape index (κ3) is 3.46. The van der Waals surface area contributed by atoms with Gasteiger partial charge < -0.3 is 9.73 Å². The van der Waals surface area contributed by atoms with Crippen LogP contribution in [0.15, 0.2) is 65.1 Å². The van der Waals surface area contributed by atoms with Crippen molar-refractivity contribution in [3.63, 3.8) is 0 Å². The predicted molar refractivity (Wildman–Crippen MR) is 100 cm³/mol. The molecule has 0 saturated carbocycles. The van der Waals surface area contributed by atoms with Crippen LogP contribution >= 0.6 is 11.3 Å². The van der Waals surface area contributed by atoms with E-state index in [9.17, 15) is 4.79 Å². The number of aryl methyl sites for hydroxylation is 1. The highest BCUT2D eigenvalue weighted by Gasteiger charge is 2.10. The minimum absolute atomic E-state index is 0.243. The molecule has 0 aliphatic heterocycles. The smallest absolute Gasteiger partial charge is 0.291 e. The summed E-state index contributed by atoms with van der Waals surface area (Å²) in [6.45, 7) is 1.81. The van der Waals surface area contributed by atoms with Gasteiger partial charge in [0.25, 0.3) is 5.91 Å². The third-order valence-corrected chi connectivity index (χ3v) is 4.91. The van der Waals surface area contributed by atoms with Crippen molar-refractivity contribution in [2.24, 2.45) is 0 Å². The molecular weight excluding hydrogens is 332 g/mol. The largest absolute Gasteiger partial charge is 0.456 e. The Kier molecular flexibility index (Phi) is 4.07. The van der Waals surface area contributed by atoms with Gasteiger partial charge in [0.2, 0.25) is 0 Å².